The van der Waals surface area contributed by atoms with Crippen molar-refractivity contribution in [2.24, 2.45) is 5.92 Å². The van der Waals surface area contributed by atoms with Gasteiger partial charge >= 0.3 is 5.97 Å². The predicted molar refractivity (Wildman–Crippen MR) is 87.3 cm³/mol. The lowest BCUT2D eigenvalue weighted by Crippen LogP contribution is -2.41. The average Bonchev–Trinajstić information content (AvgIpc) is 3.10. The average molecular weight is 313 g/mol. The van der Waals surface area contributed by atoms with Crippen molar-refractivity contribution in [3.63, 3.8) is 0 Å². The van der Waals surface area contributed by atoms with Gasteiger partial charge < -0.3 is 9.51 Å². The smallest absolute Gasteiger partial charge is 0.320 e. The molecule has 5 heteroatoms. The van der Waals surface area contributed by atoms with Gasteiger partial charge in [0.15, 0.2) is 0 Å². The molecule has 1 N–H and O–H groups in total. The van der Waals surface area contributed by atoms with Crippen LogP contribution in [0.5, 0.6) is 0 Å². The SMILES string of the molecule is Cc1ccc2ncc(CN3C(C(=O)O)CC4CCCCC43)n2c1. The first kappa shape index (κ1) is 14.7. The number of carbonyl (C=O) groups is 1. The number of nitrogens with zero attached hydrogens (tertiary/aromatic N) is 3. The van der Waals surface area contributed by atoms with Gasteiger partial charge in [-0.15, -0.1) is 0 Å². The van der Waals surface area contributed by atoms with E-state index in [1.54, 1.807) is 0 Å². The van der Waals surface area contributed by atoms with Crippen LogP contribution in [0.1, 0.15) is 43.4 Å². The van der Waals surface area contributed by atoms with Gasteiger partial charge in [0.25, 0.3) is 0 Å². The Balaban J connectivity index is 1.66. The summed E-state index contributed by atoms with van der Waals surface area (Å²) >= 11 is 0. The number of rotatable bonds is 3. The highest BCUT2D eigenvalue weighted by molar-refractivity contribution is 5.74. The van der Waals surface area contributed by atoms with Gasteiger partial charge in [-0.25, -0.2) is 4.98 Å². The van der Waals surface area contributed by atoms with Gasteiger partial charge in [-0.05, 0) is 43.7 Å². The van der Waals surface area contributed by atoms with Crippen LogP contribution in [-0.2, 0) is 11.3 Å². The lowest BCUT2D eigenvalue weighted by molar-refractivity contribution is -0.142. The Labute approximate surface area is 135 Å². The molecule has 2 aromatic rings. The Bertz CT molecular complexity index is 739. The zero-order valence-corrected chi connectivity index (χ0v) is 13.5. The molecule has 3 heterocycles. The number of aryl methyl sites for hydroxylation is 1. The number of fused-ring (bicyclic) bond motifs is 2. The molecule has 0 aromatic carbocycles. The lowest BCUT2D eigenvalue weighted by atomic mass is 9.85. The molecule has 1 aliphatic carbocycles. The number of hydrogen-bond acceptors (Lipinski definition) is 3. The van der Waals surface area contributed by atoms with Crippen molar-refractivity contribution < 1.29 is 9.90 Å². The molecule has 2 fully saturated rings. The van der Waals surface area contributed by atoms with Crippen LogP contribution in [0, 0.1) is 12.8 Å². The third kappa shape index (κ3) is 2.53. The Morgan fingerprint density at radius 3 is 3.00 bits per heavy atom. The summed E-state index contributed by atoms with van der Waals surface area (Å²) in [5, 5.41) is 9.65. The molecule has 4 rings (SSSR count). The maximum Gasteiger partial charge on any atom is 0.320 e. The summed E-state index contributed by atoms with van der Waals surface area (Å²) in [4.78, 5) is 18.4. The fraction of sp³-hybridized carbons (Fsp3) is 0.556. The zero-order chi connectivity index (χ0) is 16.0. The summed E-state index contributed by atoms with van der Waals surface area (Å²) in [7, 11) is 0. The van der Waals surface area contributed by atoms with E-state index in [4.69, 9.17) is 0 Å². The normalized spacial score (nSPS) is 28.1. The third-order valence-electron chi connectivity index (χ3n) is 5.58. The van der Waals surface area contributed by atoms with Crippen LogP contribution in [-0.4, -0.2) is 37.4 Å². The second-order valence-electron chi connectivity index (χ2n) is 7.06. The fourth-order valence-corrected chi connectivity index (χ4v) is 4.46. The van der Waals surface area contributed by atoms with Crippen LogP contribution < -0.4 is 0 Å². The lowest BCUT2D eigenvalue weighted by Gasteiger charge is -2.32. The molecule has 1 saturated carbocycles. The van der Waals surface area contributed by atoms with Gasteiger partial charge in [0.2, 0.25) is 0 Å². The Morgan fingerprint density at radius 1 is 1.35 bits per heavy atom. The van der Waals surface area contributed by atoms with E-state index < -0.39 is 5.97 Å². The minimum atomic E-state index is -0.676. The van der Waals surface area contributed by atoms with E-state index in [-0.39, 0.29) is 6.04 Å². The minimum absolute atomic E-state index is 0.349. The molecular formula is C18H23N3O2. The fourth-order valence-electron chi connectivity index (χ4n) is 4.46. The topological polar surface area (TPSA) is 57.8 Å². The summed E-state index contributed by atoms with van der Waals surface area (Å²) in [6.07, 6.45) is 9.55. The largest absolute Gasteiger partial charge is 0.480 e. The number of imidazole rings is 1. The highest BCUT2D eigenvalue weighted by Gasteiger charge is 2.45. The Hall–Kier alpha value is -1.88. The number of pyridine rings is 1. The van der Waals surface area contributed by atoms with Crippen LogP contribution in [0.3, 0.4) is 0 Å². The van der Waals surface area contributed by atoms with E-state index in [0.717, 1.165) is 24.2 Å². The number of likely N-dealkylation sites (tertiary alicyclic amines) is 1. The minimum Gasteiger partial charge on any atom is -0.480 e. The molecule has 0 bridgehead atoms. The van der Waals surface area contributed by atoms with Crippen molar-refractivity contribution in [3.8, 4) is 0 Å². The molecule has 2 aromatic heterocycles. The molecule has 3 unspecified atom stereocenters. The van der Waals surface area contributed by atoms with Crippen molar-refractivity contribution in [1.82, 2.24) is 14.3 Å². The molecule has 1 aliphatic heterocycles. The summed E-state index contributed by atoms with van der Waals surface area (Å²) in [5.41, 5.74) is 3.20. The molecule has 1 saturated heterocycles. The first-order valence-corrected chi connectivity index (χ1v) is 8.54. The van der Waals surface area contributed by atoms with Gasteiger partial charge in [-0.3, -0.25) is 9.69 Å². The number of aromatic nitrogens is 2. The van der Waals surface area contributed by atoms with E-state index in [1.165, 1.54) is 24.8 Å². The molecule has 3 atom stereocenters. The monoisotopic (exact) mass is 313 g/mol. The predicted octanol–water partition coefficient (Wildman–Crippen LogP) is 2.86. The first-order valence-electron chi connectivity index (χ1n) is 8.54. The second-order valence-corrected chi connectivity index (χ2v) is 7.06. The molecule has 5 nitrogen and oxygen atoms in total. The van der Waals surface area contributed by atoms with E-state index in [2.05, 4.69) is 33.5 Å². The molecular weight excluding hydrogens is 290 g/mol. The molecule has 0 spiro atoms. The summed E-state index contributed by atoms with van der Waals surface area (Å²) in [6.45, 7) is 2.74. The van der Waals surface area contributed by atoms with Crippen LogP contribution >= 0.6 is 0 Å². The quantitative estimate of drug-likeness (QED) is 0.946. The van der Waals surface area contributed by atoms with E-state index >= 15 is 0 Å². The van der Waals surface area contributed by atoms with Crippen molar-refractivity contribution in [3.05, 3.63) is 35.8 Å². The van der Waals surface area contributed by atoms with Crippen LogP contribution in [0.25, 0.3) is 5.65 Å². The van der Waals surface area contributed by atoms with Gasteiger partial charge in [-0.2, -0.15) is 0 Å². The summed E-state index contributed by atoms with van der Waals surface area (Å²) in [5.74, 6) is -0.129. The highest BCUT2D eigenvalue weighted by atomic mass is 16.4. The Kier molecular flexibility index (Phi) is 3.60. The van der Waals surface area contributed by atoms with Crippen LogP contribution in [0.2, 0.25) is 0 Å². The van der Waals surface area contributed by atoms with Crippen LogP contribution in [0.4, 0.5) is 0 Å². The summed E-state index contributed by atoms with van der Waals surface area (Å²) < 4.78 is 2.10. The molecule has 23 heavy (non-hydrogen) atoms. The van der Waals surface area contributed by atoms with Crippen LogP contribution in [0.15, 0.2) is 24.5 Å². The number of hydrogen-bond donors (Lipinski definition) is 1. The molecule has 0 amide bonds. The van der Waals surface area contributed by atoms with Crippen molar-refractivity contribution in [1.29, 1.82) is 0 Å². The highest BCUT2D eigenvalue weighted by Crippen LogP contribution is 2.40. The Morgan fingerprint density at radius 2 is 2.17 bits per heavy atom. The number of carboxylic acids is 1. The van der Waals surface area contributed by atoms with Crippen molar-refractivity contribution in [2.45, 2.75) is 57.7 Å². The van der Waals surface area contributed by atoms with E-state index in [9.17, 15) is 9.90 Å². The standard InChI is InChI=1S/C18H23N3O2/c1-12-6-7-17-19-9-14(20(17)10-12)11-21-15-5-3-2-4-13(15)8-16(21)18(22)23/h6-7,9-10,13,15-16H,2-5,8,11H2,1H3,(H,22,23). The van der Waals surface area contributed by atoms with Gasteiger partial charge in [0.1, 0.15) is 11.7 Å². The third-order valence-corrected chi connectivity index (χ3v) is 5.58. The van der Waals surface area contributed by atoms with Gasteiger partial charge in [0.05, 0.1) is 11.9 Å². The molecule has 2 aliphatic rings. The maximum atomic E-state index is 11.7. The molecule has 122 valence electrons. The summed E-state index contributed by atoms with van der Waals surface area (Å²) in [6, 6.07) is 4.14. The number of aliphatic carboxylic acids is 1. The number of carboxylic acid groups (broad SMARTS) is 1. The van der Waals surface area contributed by atoms with E-state index in [0.29, 0.717) is 18.5 Å². The van der Waals surface area contributed by atoms with E-state index in [1.807, 2.05) is 12.3 Å². The zero-order valence-electron chi connectivity index (χ0n) is 13.5. The van der Waals surface area contributed by atoms with Gasteiger partial charge in [-0.1, -0.05) is 18.9 Å². The molecule has 0 radical (unpaired) electrons. The maximum absolute atomic E-state index is 11.7. The first-order chi connectivity index (χ1) is 11.1. The van der Waals surface area contributed by atoms with Gasteiger partial charge in [0, 0.05) is 18.8 Å². The van der Waals surface area contributed by atoms with Crippen molar-refractivity contribution in [2.75, 3.05) is 0 Å². The van der Waals surface area contributed by atoms with Crippen molar-refractivity contribution >= 4 is 11.6 Å². The second kappa shape index (κ2) is 5.64.